The van der Waals surface area contributed by atoms with Crippen molar-refractivity contribution in [2.45, 2.75) is 32.9 Å². The number of aryl methyl sites for hydroxylation is 1. The van der Waals surface area contributed by atoms with E-state index in [1.165, 1.54) is 28.4 Å². The number of nitrogens with zero attached hydrogens (tertiary/aromatic N) is 2. The highest BCUT2D eigenvalue weighted by Gasteiger charge is 2.10. The maximum Gasteiger partial charge on any atom is 0.204 e. The van der Waals surface area contributed by atoms with E-state index in [1.807, 2.05) is 6.07 Å². The van der Waals surface area contributed by atoms with Crippen LogP contribution in [0.4, 0.5) is 5.95 Å². The summed E-state index contributed by atoms with van der Waals surface area (Å²) < 4.78 is 2.30. The zero-order valence-corrected chi connectivity index (χ0v) is 13.9. The van der Waals surface area contributed by atoms with E-state index in [1.54, 1.807) is 0 Å². The van der Waals surface area contributed by atoms with E-state index in [0.29, 0.717) is 0 Å². The van der Waals surface area contributed by atoms with Gasteiger partial charge in [0.1, 0.15) is 0 Å². The summed E-state index contributed by atoms with van der Waals surface area (Å²) in [7, 11) is 0. The minimum Gasteiger partial charge on any atom is -0.361 e. The second kappa shape index (κ2) is 6.40. The van der Waals surface area contributed by atoms with Crippen LogP contribution < -0.4 is 5.32 Å². The van der Waals surface area contributed by atoms with Gasteiger partial charge in [0.05, 0.1) is 11.0 Å². The van der Waals surface area contributed by atoms with Gasteiger partial charge in [0.15, 0.2) is 0 Å². The quantitative estimate of drug-likeness (QED) is 0.529. The van der Waals surface area contributed by atoms with Gasteiger partial charge in [-0.3, -0.25) is 0 Å². The Morgan fingerprint density at radius 2 is 1.92 bits per heavy atom. The molecule has 0 bridgehead atoms. The molecule has 0 radical (unpaired) electrons. The van der Waals surface area contributed by atoms with Crippen LogP contribution in [0.25, 0.3) is 21.9 Å². The van der Waals surface area contributed by atoms with Gasteiger partial charge in [-0.05, 0) is 30.2 Å². The van der Waals surface area contributed by atoms with Crippen LogP contribution in [0, 0.1) is 0 Å². The Kier molecular flexibility index (Phi) is 3.95. The summed E-state index contributed by atoms with van der Waals surface area (Å²) in [6, 6.07) is 16.7. The normalized spacial score (nSPS) is 11.4. The number of rotatable bonds is 6. The largest absolute Gasteiger partial charge is 0.361 e. The zero-order chi connectivity index (χ0) is 16.4. The van der Waals surface area contributed by atoms with Crippen LogP contribution in [0.15, 0.2) is 54.7 Å². The third-order valence-electron chi connectivity index (χ3n) is 4.50. The van der Waals surface area contributed by atoms with E-state index in [2.05, 4.69) is 70.5 Å². The zero-order valence-electron chi connectivity index (χ0n) is 13.9. The molecule has 0 atom stereocenters. The number of H-pyrrole nitrogens is 1. The van der Waals surface area contributed by atoms with Crippen LogP contribution in [-0.4, -0.2) is 14.5 Å². The summed E-state index contributed by atoms with van der Waals surface area (Å²) in [5, 5.41) is 4.80. The summed E-state index contributed by atoms with van der Waals surface area (Å²) in [6.45, 7) is 3.98. The first kappa shape index (κ1) is 14.8. The van der Waals surface area contributed by atoms with Crippen molar-refractivity contribution in [1.29, 1.82) is 0 Å². The van der Waals surface area contributed by atoms with Crippen LogP contribution in [-0.2, 0) is 13.1 Å². The summed E-state index contributed by atoms with van der Waals surface area (Å²) in [4.78, 5) is 8.12. The van der Waals surface area contributed by atoms with Gasteiger partial charge in [-0.2, -0.15) is 0 Å². The summed E-state index contributed by atoms with van der Waals surface area (Å²) in [6.07, 6.45) is 4.41. The molecule has 2 aromatic heterocycles. The molecule has 0 aliphatic heterocycles. The number of imidazole rings is 1. The average Bonchev–Trinajstić information content (AvgIpc) is 3.19. The number of hydrogen-bond acceptors (Lipinski definition) is 2. The minimum atomic E-state index is 0.763. The smallest absolute Gasteiger partial charge is 0.204 e. The first-order valence-corrected chi connectivity index (χ1v) is 8.61. The van der Waals surface area contributed by atoms with Gasteiger partial charge in [-0.15, -0.1) is 0 Å². The van der Waals surface area contributed by atoms with E-state index in [9.17, 15) is 0 Å². The van der Waals surface area contributed by atoms with Crippen molar-refractivity contribution >= 4 is 27.9 Å². The number of nitrogens with one attached hydrogen (secondary N) is 2. The molecule has 0 saturated heterocycles. The Balaban J connectivity index is 1.64. The molecule has 4 rings (SSSR count). The fraction of sp³-hybridized carbons (Fsp3) is 0.250. The average molecular weight is 318 g/mol. The molecule has 122 valence electrons. The first-order chi connectivity index (χ1) is 11.9. The maximum absolute atomic E-state index is 4.79. The minimum absolute atomic E-state index is 0.763. The Bertz CT molecular complexity index is 964. The van der Waals surface area contributed by atoms with Gasteiger partial charge in [-0.1, -0.05) is 43.7 Å². The van der Waals surface area contributed by atoms with Gasteiger partial charge in [0, 0.05) is 30.2 Å². The van der Waals surface area contributed by atoms with E-state index >= 15 is 0 Å². The van der Waals surface area contributed by atoms with Crippen molar-refractivity contribution in [3.05, 3.63) is 60.3 Å². The van der Waals surface area contributed by atoms with Gasteiger partial charge in [-0.25, -0.2) is 4.98 Å². The third kappa shape index (κ3) is 2.64. The Morgan fingerprint density at radius 3 is 2.83 bits per heavy atom. The van der Waals surface area contributed by atoms with Crippen molar-refractivity contribution in [3.8, 4) is 0 Å². The molecular formula is C20H22N4. The van der Waals surface area contributed by atoms with Crippen LogP contribution in [0.3, 0.4) is 0 Å². The lowest BCUT2D eigenvalue weighted by Crippen LogP contribution is -2.07. The van der Waals surface area contributed by atoms with Crippen molar-refractivity contribution < 1.29 is 0 Å². The lowest BCUT2D eigenvalue weighted by atomic mass is 10.2. The second-order valence-corrected chi connectivity index (χ2v) is 6.14. The number of para-hydroxylation sites is 3. The second-order valence-electron chi connectivity index (χ2n) is 6.14. The van der Waals surface area contributed by atoms with Crippen molar-refractivity contribution in [2.24, 2.45) is 0 Å². The molecule has 2 aromatic carbocycles. The third-order valence-corrected chi connectivity index (χ3v) is 4.50. The molecule has 4 heteroatoms. The maximum atomic E-state index is 4.79. The Morgan fingerprint density at radius 1 is 1.08 bits per heavy atom. The lowest BCUT2D eigenvalue weighted by molar-refractivity contribution is 0.649. The Hall–Kier alpha value is -2.75. The fourth-order valence-corrected chi connectivity index (χ4v) is 3.21. The molecule has 0 unspecified atom stereocenters. The molecule has 0 saturated carbocycles. The standard InChI is InChI=1S/C20H22N4/c1-2-3-12-24-19-11-7-6-10-18(19)23-20(24)22-14-15-13-21-17-9-5-4-8-16(15)17/h4-11,13,21H,2-3,12,14H2,1H3,(H,22,23). The summed E-state index contributed by atoms with van der Waals surface area (Å²) in [5.41, 5.74) is 4.69. The predicted octanol–water partition coefficient (Wildman–Crippen LogP) is 4.93. The molecule has 0 aliphatic carbocycles. The molecule has 2 N–H and O–H groups in total. The highest BCUT2D eigenvalue weighted by molar-refractivity contribution is 5.83. The molecule has 2 heterocycles. The number of hydrogen-bond donors (Lipinski definition) is 2. The summed E-state index contributed by atoms with van der Waals surface area (Å²) in [5.74, 6) is 0.954. The van der Waals surface area contributed by atoms with Crippen molar-refractivity contribution in [1.82, 2.24) is 14.5 Å². The molecule has 0 amide bonds. The van der Waals surface area contributed by atoms with Gasteiger partial charge in [0.25, 0.3) is 0 Å². The molecule has 4 aromatic rings. The van der Waals surface area contributed by atoms with Gasteiger partial charge in [0.2, 0.25) is 5.95 Å². The number of anilines is 1. The lowest BCUT2D eigenvalue weighted by Gasteiger charge is -2.10. The van der Waals surface area contributed by atoms with E-state index in [-0.39, 0.29) is 0 Å². The van der Waals surface area contributed by atoms with Crippen molar-refractivity contribution in [2.75, 3.05) is 5.32 Å². The number of benzene rings is 2. The first-order valence-electron chi connectivity index (χ1n) is 8.61. The Labute approximate surface area is 141 Å². The summed E-state index contributed by atoms with van der Waals surface area (Å²) >= 11 is 0. The number of aromatic amines is 1. The van der Waals surface area contributed by atoms with Crippen molar-refractivity contribution in [3.63, 3.8) is 0 Å². The van der Waals surface area contributed by atoms with Gasteiger partial charge >= 0.3 is 0 Å². The highest BCUT2D eigenvalue weighted by Crippen LogP contribution is 2.23. The van der Waals surface area contributed by atoms with E-state index in [4.69, 9.17) is 4.98 Å². The molecule has 0 fully saturated rings. The SMILES string of the molecule is CCCCn1c(NCc2c[nH]c3ccccc23)nc2ccccc21. The predicted molar refractivity (Wildman–Crippen MR) is 100 cm³/mol. The van der Waals surface area contributed by atoms with E-state index < -0.39 is 0 Å². The molecule has 0 spiro atoms. The molecule has 0 aliphatic rings. The topological polar surface area (TPSA) is 45.6 Å². The van der Waals surface area contributed by atoms with Crippen LogP contribution >= 0.6 is 0 Å². The number of unbranched alkanes of at least 4 members (excludes halogenated alkanes) is 1. The highest BCUT2D eigenvalue weighted by atomic mass is 15.2. The van der Waals surface area contributed by atoms with Gasteiger partial charge < -0.3 is 14.9 Å². The number of aromatic nitrogens is 3. The molecule has 4 nitrogen and oxygen atoms in total. The van der Waals surface area contributed by atoms with Crippen LogP contribution in [0.1, 0.15) is 25.3 Å². The fourth-order valence-electron chi connectivity index (χ4n) is 3.21. The monoisotopic (exact) mass is 318 g/mol. The van der Waals surface area contributed by atoms with Crippen LogP contribution in [0.5, 0.6) is 0 Å². The van der Waals surface area contributed by atoms with Crippen LogP contribution in [0.2, 0.25) is 0 Å². The van der Waals surface area contributed by atoms with E-state index in [0.717, 1.165) is 31.0 Å². The molecule has 24 heavy (non-hydrogen) atoms. The number of fused-ring (bicyclic) bond motifs is 2. The molecular weight excluding hydrogens is 296 g/mol.